The number of pyridine rings is 1. The van der Waals surface area contributed by atoms with Crippen molar-refractivity contribution in [3.8, 4) is 17.0 Å². The number of methoxy groups -OCH3 is 1. The molecule has 3 rings (SSSR count). The van der Waals surface area contributed by atoms with Gasteiger partial charge in [-0.2, -0.15) is 0 Å². The quantitative estimate of drug-likeness (QED) is 0.344. The third-order valence-electron chi connectivity index (χ3n) is 4.35. The fraction of sp³-hybridized carbons (Fsp3) is 0.174. The van der Waals surface area contributed by atoms with E-state index in [2.05, 4.69) is 10.1 Å². The summed E-state index contributed by atoms with van der Waals surface area (Å²) in [6, 6.07) is 19.0. The van der Waals surface area contributed by atoms with Crippen LogP contribution in [0.1, 0.15) is 16.7 Å². The highest BCUT2D eigenvalue weighted by Crippen LogP contribution is 2.25. The molecule has 29 heavy (non-hydrogen) atoms. The van der Waals surface area contributed by atoms with E-state index in [4.69, 9.17) is 14.3 Å². The van der Waals surface area contributed by atoms with Crippen LogP contribution in [0, 0.1) is 6.92 Å². The van der Waals surface area contributed by atoms with Crippen LogP contribution in [0.4, 0.5) is 0 Å². The van der Waals surface area contributed by atoms with Crippen LogP contribution < -0.4 is 4.74 Å². The summed E-state index contributed by atoms with van der Waals surface area (Å²) >= 11 is 0. The van der Waals surface area contributed by atoms with Crippen molar-refractivity contribution in [2.75, 3.05) is 14.2 Å². The standard InChI is InChI=1S/C23H22N2O4/c1-16-8-7-13-24-21(16)17-10-6-11-19(14-17)29-15-18-9-4-5-12-20(18)22(25-28-3)23(26)27-2/h4-14H,15H2,1-3H3/b25-22+. The van der Waals surface area contributed by atoms with Crippen molar-refractivity contribution >= 4 is 11.7 Å². The second-order valence-electron chi connectivity index (χ2n) is 6.26. The Bertz CT molecular complexity index is 1030. The first-order valence-corrected chi connectivity index (χ1v) is 9.06. The number of rotatable bonds is 7. The van der Waals surface area contributed by atoms with Gasteiger partial charge in [0.25, 0.3) is 0 Å². The Kier molecular flexibility index (Phi) is 6.58. The van der Waals surface area contributed by atoms with Crippen LogP contribution in [0.15, 0.2) is 72.0 Å². The zero-order valence-electron chi connectivity index (χ0n) is 16.6. The Morgan fingerprint density at radius 1 is 1.03 bits per heavy atom. The van der Waals surface area contributed by atoms with Gasteiger partial charge in [-0.05, 0) is 36.2 Å². The molecule has 148 valence electrons. The van der Waals surface area contributed by atoms with Crippen molar-refractivity contribution in [2.24, 2.45) is 5.16 Å². The van der Waals surface area contributed by atoms with Crippen molar-refractivity contribution in [3.63, 3.8) is 0 Å². The first-order valence-electron chi connectivity index (χ1n) is 9.06. The lowest BCUT2D eigenvalue weighted by atomic mass is 10.0. The fourth-order valence-electron chi connectivity index (χ4n) is 2.94. The summed E-state index contributed by atoms with van der Waals surface area (Å²) in [4.78, 5) is 21.4. The number of benzene rings is 2. The van der Waals surface area contributed by atoms with E-state index in [0.29, 0.717) is 11.3 Å². The van der Waals surface area contributed by atoms with Crippen molar-refractivity contribution in [2.45, 2.75) is 13.5 Å². The maximum absolute atomic E-state index is 12.1. The lowest BCUT2D eigenvalue weighted by molar-refractivity contribution is -0.132. The molecule has 0 saturated heterocycles. The zero-order valence-corrected chi connectivity index (χ0v) is 16.6. The van der Waals surface area contributed by atoms with Crippen LogP contribution in [-0.2, 0) is 21.0 Å². The summed E-state index contributed by atoms with van der Waals surface area (Å²) in [6.45, 7) is 2.27. The van der Waals surface area contributed by atoms with Crippen molar-refractivity contribution < 1.29 is 19.1 Å². The molecule has 0 amide bonds. The minimum absolute atomic E-state index is 0.0899. The predicted molar refractivity (Wildman–Crippen MR) is 111 cm³/mol. The van der Waals surface area contributed by atoms with E-state index in [-0.39, 0.29) is 12.3 Å². The monoisotopic (exact) mass is 390 g/mol. The van der Waals surface area contributed by atoms with Crippen LogP contribution in [0.5, 0.6) is 5.75 Å². The molecule has 0 aliphatic heterocycles. The molecule has 0 radical (unpaired) electrons. The van der Waals surface area contributed by atoms with Gasteiger partial charge in [0.05, 0.1) is 12.8 Å². The van der Waals surface area contributed by atoms with Crippen molar-refractivity contribution in [1.29, 1.82) is 0 Å². The van der Waals surface area contributed by atoms with Gasteiger partial charge in [-0.15, -0.1) is 0 Å². The van der Waals surface area contributed by atoms with Crippen molar-refractivity contribution in [3.05, 3.63) is 83.6 Å². The van der Waals surface area contributed by atoms with Gasteiger partial charge in [-0.1, -0.05) is 47.6 Å². The molecule has 6 heteroatoms. The molecule has 1 heterocycles. The number of carbonyl (C=O) groups is 1. The Morgan fingerprint density at radius 2 is 1.86 bits per heavy atom. The summed E-state index contributed by atoms with van der Waals surface area (Å²) in [5, 5.41) is 3.82. The Balaban J connectivity index is 1.85. The topological polar surface area (TPSA) is 70.0 Å². The zero-order chi connectivity index (χ0) is 20.6. The van der Waals surface area contributed by atoms with E-state index < -0.39 is 5.97 Å². The number of oxime groups is 1. The largest absolute Gasteiger partial charge is 0.489 e. The van der Waals surface area contributed by atoms with Gasteiger partial charge in [0.15, 0.2) is 5.71 Å². The molecule has 1 aromatic heterocycles. The van der Waals surface area contributed by atoms with E-state index in [0.717, 1.165) is 22.4 Å². The van der Waals surface area contributed by atoms with Crippen LogP contribution in [0.3, 0.4) is 0 Å². The second-order valence-corrected chi connectivity index (χ2v) is 6.26. The van der Waals surface area contributed by atoms with Gasteiger partial charge < -0.3 is 14.3 Å². The molecule has 0 fully saturated rings. The number of nitrogens with zero attached hydrogens (tertiary/aromatic N) is 2. The third-order valence-corrected chi connectivity index (χ3v) is 4.35. The van der Waals surface area contributed by atoms with E-state index >= 15 is 0 Å². The summed E-state index contributed by atoms with van der Waals surface area (Å²) in [7, 11) is 2.69. The molecule has 3 aromatic rings. The minimum atomic E-state index is -0.577. The summed E-state index contributed by atoms with van der Waals surface area (Å²) in [6.07, 6.45) is 1.77. The summed E-state index contributed by atoms with van der Waals surface area (Å²) < 4.78 is 10.8. The molecule has 0 aliphatic rings. The number of hydrogen-bond acceptors (Lipinski definition) is 6. The normalized spacial score (nSPS) is 11.1. The Morgan fingerprint density at radius 3 is 2.62 bits per heavy atom. The molecule has 0 unspecified atom stereocenters. The van der Waals surface area contributed by atoms with Crippen LogP contribution in [0.2, 0.25) is 0 Å². The van der Waals surface area contributed by atoms with Gasteiger partial charge in [0, 0.05) is 17.3 Å². The van der Waals surface area contributed by atoms with Gasteiger partial charge in [0.2, 0.25) is 0 Å². The average Bonchev–Trinajstić information content (AvgIpc) is 2.76. The fourth-order valence-corrected chi connectivity index (χ4v) is 2.94. The molecule has 2 aromatic carbocycles. The van der Waals surface area contributed by atoms with Gasteiger partial charge in [-0.3, -0.25) is 4.98 Å². The number of aromatic nitrogens is 1. The molecule has 0 aliphatic carbocycles. The Labute approximate surface area is 169 Å². The second kappa shape index (κ2) is 9.50. The number of esters is 1. The maximum Gasteiger partial charge on any atom is 0.360 e. The van der Waals surface area contributed by atoms with Crippen LogP contribution in [0.25, 0.3) is 11.3 Å². The van der Waals surface area contributed by atoms with Crippen molar-refractivity contribution in [1.82, 2.24) is 4.98 Å². The Hall–Kier alpha value is -3.67. The van der Waals surface area contributed by atoms with E-state index in [1.54, 1.807) is 12.3 Å². The van der Waals surface area contributed by atoms with Crippen LogP contribution >= 0.6 is 0 Å². The highest BCUT2D eigenvalue weighted by molar-refractivity contribution is 6.43. The van der Waals surface area contributed by atoms with E-state index in [1.807, 2.05) is 61.5 Å². The SMILES string of the molecule is CO/N=C(/C(=O)OC)c1ccccc1COc1cccc(-c2ncccc2C)c1. The third kappa shape index (κ3) is 4.79. The predicted octanol–water partition coefficient (Wildman–Crippen LogP) is 4.16. The lowest BCUT2D eigenvalue weighted by Gasteiger charge is -2.12. The average molecular weight is 390 g/mol. The molecule has 0 N–H and O–H groups in total. The molecule has 0 bridgehead atoms. The minimum Gasteiger partial charge on any atom is -0.489 e. The first kappa shape index (κ1) is 20.1. The van der Waals surface area contributed by atoms with E-state index in [9.17, 15) is 4.79 Å². The van der Waals surface area contributed by atoms with Gasteiger partial charge in [-0.25, -0.2) is 4.79 Å². The number of ether oxygens (including phenoxy) is 2. The molecule has 6 nitrogen and oxygen atoms in total. The molecular weight excluding hydrogens is 368 g/mol. The highest BCUT2D eigenvalue weighted by atomic mass is 16.6. The smallest absolute Gasteiger partial charge is 0.360 e. The molecule has 0 saturated carbocycles. The number of hydrogen-bond donors (Lipinski definition) is 0. The molecular formula is C23H22N2O4. The number of aryl methyl sites for hydroxylation is 1. The van der Waals surface area contributed by atoms with Gasteiger partial charge in [0.1, 0.15) is 19.5 Å². The summed E-state index contributed by atoms with van der Waals surface area (Å²) in [5.74, 6) is 0.123. The maximum atomic E-state index is 12.1. The molecule has 0 spiro atoms. The van der Waals surface area contributed by atoms with E-state index in [1.165, 1.54) is 14.2 Å². The summed E-state index contributed by atoms with van der Waals surface area (Å²) in [5.41, 5.74) is 4.45. The van der Waals surface area contributed by atoms with Gasteiger partial charge >= 0.3 is 5.97 Å². The number of carbonyl (C=O) groups excluding carboxylic acids is 1. The lowest BCUT2D eigenvalue weighted by Crippen LogP contribution is -2.19. The van der Waals surface area contributed by atoms with Crippen LogP contribution in [-0.4, -0.2) is 30.9 Å². The first-order chi connectivity index (χ1) is 14.1. The highest BCUT2D eigenvalue weighted by Gasteiger charge is 2.19. The molecule has 0 atom stereocenters.